The van der Waals surface area contributed by atoms with Crippen LogP contribution in [0.15, 0.2) is 43.0 Å². The number of nitrogens with one attached hydrogen (secondary N) is 1. The van der Waals surface area contributed by atoms with Crippen LogP contribution in [0.1, 0.15) is 25.3 Å². The Morgan fingerprint density at radius 2 is 1.92 bits per heavy atom. The van der Waals surface area contributed by atoms with Crippen LogP contribution in [0.5, 0.6) is 0 Å². The van der Waals surface area contributed by atoms with E-state index >= 15 is 0 Å². The molecule has 1 aromatic rings. The molecule has 0 spiro atoms. The van der Waals surface area contributed by atoms with Crippen molar-refractivity contribution in [2.45, 2.75) is 32.4 Å². The molecule has 1 aromatic carbocycles. The zero-order valence-electron chi connectivity index (χ0n) is 14.4. The molecule has 0 saturated carbocycles. The first-order valence-corrected chi connectivity index (χ1v) is 8.43. The number of benzene rings is 1. The molecule has 2 rings (SSSR count). The van der Waals surface area contributed by atoms with E-state index in [1.165, 1.54) is 6.08 Å². The maximum atomic E-state index is 12.3. The molecule has 1 aliphatic heterocycles. The fraction of sp³-hybridized carbons (Fsp3) is 0.421. The average Bonchev–Trinajstić information content (AvgIpc) is 2.66. The number of carbonyl (C=O) groups excluding carboxylic acids is 3. The lowest BCUT2D eigenvalue weighted by molar-refractivity contribution is -0.149. The van der Waals surface area contributed by atoms with Gasteiger partial charge < -0.3 is 15.0 Å². The van der Waals surface area contributed by atoms with Crippen LogP contribution in [0.3, 0.4) is 0 Å². The molecule has 1 fully saturated rings. The molecule has 6 heteroatoms. The molecule has 1 atom stereocenters. The molecule has 0 aliphatic carbocycles. The van der Waals surface area contributed by atoms with E-state index in [4.69, 9.17) is 4.74 Å². The monoisotopic (exact) mass is 344 g/mol. The second kappa shape index (κ2) is 9.01. The van der Waals surface area contributed by atoms with E-state index in [9.17, 15) is 14.4 Å². The quantitative estimate of drug-likeness (QED) is 0.629. The second-order valence-corrected chi connectivity index (χ2v) is 6.13. The lowest BCUT2D eigenvalue weighted by atomic mass is 9.95. The van der Waals surface area contributed by atoms with E-state index in [0.29, 0.717) is 25.9 Å². The minimum Gasteiger partial charge on any atom is -0.459 e. The predicted octanol–water partition coefficient (Wildman–Crippen LogP) is 1.66. The Morgan fingerprint density at radius 3 is 2.52 bits per heavy atom. The zero-order valence-corrected chi connectivity index (χ0v) is 14.4. The summed E-state index contributed by atoms with van der Waals surface area (Å²) in [5.74, 6) is -0.943. The summed E-state index contributed by atoms with van der Waals surface area (Å²) in [5, 5.41) is 2.71. The molecule has 1 aliphatic rings. The van der Waals surface area contributed by atoms with Gasteiger partial charge in [-0.05, 0) is 31.4 Å². The highest BCUT2D eigenvalue weighted by Crippen LogP contribution is 2.18. The largest absolute Gasteiger partial charge is 0.459 e. The number of esters is 1. The standard InChI is InChI=1S/C19H24N2O4/c1-3-17(22)21-11-9-16(10-12-21)18(23)20-14(2)19(24)25-13-15-7-5-4-6-8-15/h3-8,14,16H,1,9-13H2,2H3,(H,20,23). The highest BCUT2D eigenvalue weighted by atomic mass is 16.5. The third-order valence-electron chi connectivity index (χ3n) is 4.29. The van der Waals surface area contributed by atoms with Gasteiger partial charge in [-0.3, -0.25) is 9.59 Å². The van der Waals surface area contributed by atoms with Crippen LogP contribution < -0.4 is 5.32 Å². The molecule has 1 heterocycles. The number of carbonyl (C=O) groups is 3. The van der Waals surface area contributed by atoms with Crippen LogP contribution >= 0.6 is 0 Å². The number of hydrogen-bond acceptors (Lipinski definition) is 4. The van der Waals surface area contributed by atoms with Gasteiger partial charge in [0.25, 0.3) is 0 Å². The summed E-state index contributed by atoms with van der Waals surface area (Å²) in [7, 11) is 0. The predicted molar refractivity (Wildman–Crippen MR) is 93.3 cm³/mol. The first-order valence-electron chi connectivity index (χ1n) is 8.43. The number of nitrogens with zero attached hydrogens (tertiary/aromatic N) is 1. The van der Waals surface area contributed by atoms with Crippen LogP contribution in [0.25, 0.3) is 0 Å². The van der Waals surface area contributed by atoms with Crippen molar-refractivity contribution in [3.63, 3.8) is 0 Å². The van der Waals surface area contributed by atoms with Gasteiger partial charge in [-0.1, -0.05) is 36.9 Å². The molecule has 1 unspecified atom stereocenters. The average molecular weight is 344 g/mol. The first kappa shape index (κ1) is 18.7. The van der Waals surface area contributed by atoms with Gasteiger partial charge in [-0.15, -0.1) is 0 Å². The normalized spacial score (nSPS) is 16.0. The van der Waals surface area contributed by atoms with E-state index in [2.05, 4.69) is 11.9 Å². The molecule has 1 N–H and O–H groups in total. The van der Waals surface area contributed by atoms with Crippen LogP contribution in [0.2, 0.25) is 0 Å². The van der Waals surface area contributed by atoms with E-state index in [-0.39, 0.29) is 24.3 Å². The molecule has 0 bridgehead atoms. The summed E-state index contributed by atoms with van der Waals surface area (Å²) < 4.78 is 5.22. The number of rotatable bonds is 6. The minimum absolute atomic E-state index is 0.114. The van der Waals surface area contributed by atoms with Crippen LogP contribution in [0, 0.1) is 5.92 Å². The molecular formula is C19H24N2O4. The molecule has 1 saturated heterocycles. The molecule has 134 valence electrons. The van der Waals surface area contributed by atoms with E-state index < -0.39 is 12.0 Å². The van der Waals surface area contributed by atoms with Crippen molar-refractivity contribution >= 4 is 17.8 Å². The second-order valence-electron chi connectivity index (χ2n) is 6.13. The number of hydrogen-bond donors (Lipinski definition) is 1. The van der Waals surface area contributed by atoms with Crippen molar-refractivity contribution in [3.05, 3.63) is 48.6 Å². The van der Waals surface area contributed by atoms with Crippen molar-refractivity contribution in [3.8, 4) is 0 Å². The Kier molecular flexibility index (Phi) is 6.74. The number of likely N-dealkylation sites (tertiary alicyclic amines) is 1. The fourth-order valence-electron chi connectivity index (χ4n) is 2.74. The van der Waals surface area contributed by atoms with E-state index in [1.54, 1.807) is 11.8 Å². The summed E-state index contributed by atoms with van der Waals surface area (Å²) in [6.45, 7) is 6.31. The highest BCUT2D eigenvalue weighted by molar-refractivity contribution is 5.88. The summed E-state index contributed by atoms with van der Waals surface area (Å²) in [6.07, 6.45) is 2.44. The first-order chi connectivity index (χ1) is 12.0. The van der Waals surface area contributed by atoms with Crippen LogP contribution in [-0.4, -0.2) is 41.8 Å². The van der Waals surface area contributed by atoms with E-state index in [0.717, 1.165) is 5.56 Å². The van der Waals surface area contributed by atoms with Crippen LogP contribution in [-0.2, 0) is 25.7 Å². The molecule has 0 aromatic heterocycles. The molecular weight excluding hydrogens is 320 g/mol. The van der Waals surface area contributed by atoms with Gasteiger partial charge in [0.1, 0.15) is 12.6 Å². The highest BCUT2D eigenvalue weighted by Gasteiger charge is 2.28. The van der Waals surface area contributed by atoms with Crippen molar-refractivity contribution in [1.82, 2.24) is 10.2 Å². The fourth-order valence-corrected chi connectivity index (χ4v) is 2.74. The van der Waals surface area contributed by atoms with Crippen LogP contribution in [0.4, 0.5) is 0 Å². The Morgan fingerprint density at radius 1 is 1.28 bits per heavy atom. The van der Waals surface area contributed by atoms with E-state index in [1.807, 2.05) is 30.3 Å². The van der Waals surface area contributed by atoms with Gasteiger partial charge in [-0.2, -0.15) is 0 Å². The number of amides is 2. The summed E-state index contributed by atoms with van der Waals surface area (Å²) in [4.78, 5) is 37.5. The summed E-state index contributed by atoms with van der Waals surface area (Å²) >= 11 is 0. The SMILES string of the molecule is C=CC(=O)N1CCC(C(=O)NC(C)C(=O)OCc2ccccc2)CC1. The van der Waals surface area contributed by atoms with Gasteiger partial charge in [0.2, 0.25) is 11.8 Å². The third-order valence-corrected chi connectivity index (χ3v) is 4.29. The lowest BCUT2D eigenvalue weighted by Gasteiger charge is -2.31. The van der Waals surface area contributed by atoms with Gasteiger partial charge in [0.05, 0.1) is 0 Å². The Labute approximate surface area is 147 Å². The number of ether oxygens (including phenoxy) is 1. The van der Waals surface area contributed by atoms with Gasteiger partial charge >= 0.3 is 5.97 Å². The Hall–Kier alpha value is -2.63. The maximum Gasteiger partial charge on any atom is 0.328 e. The molecule has 6 nitrogen and oxygen atoms in total. The van der Waals surface area contributed by atoms with Gasteiger partial charge in [0.15, 0.2) is 0 Å². The molecule has 0 radical (unpaired) electrons. The van der Waals surface area contributed by atoms with Gasteiger partial charge in [-0.25, -0.2) is 4.79 Å². The van der Waals surface area contributed by atoms with Crippen molar-refractivity contribution in [2.24, 2.45) is 5.92 Å². The molecule has 25 heavy (non-hydrogen) atoms. The molecule has 2 amide bonds. The Balaban J connectivity index is 1.75. The topological polar surface area (TPSA) is 75.7 Å². The zero-order chi connectivity index (χ0) is 18.2. The number of piperidine rings is 1. The van der Waals surface area contributed by atoms with Crippen molar-refractivity contribution < 1.29 is 19.1 Å². The Bertz CT molecular complexity index is 622. The maximum absolute atomic E-state index is 12.3. The summed E-state index contributed by atoms with van der Waals surface area (Å²) in [6, 6.07) is 8.67. The lowest BCUT2D eigenvalue weighted by Crippen LogP contribution is -2.46. The summed E-state index contributed by atoms with van der Waals surface area (Å²) in [5.41, 5.74) is 0.897. The van der Waals surface area contributed by atoms with Crippen molar-refractivity contribution in [1.29, 1.82) is 0 Å². The van der Waals surface area contributed by atoms with Gasteiger partial charge in [0, 0.05) is 19.0 Å². The smallest absolute Gasteiger partial charge is 0.328 e. The van der Waals surface area contributed by atoms with Crippen molar-refractivity contribution in [2.75, 3.05) is 13.1 Å². The minimum atomic E-state index is -0.705. The third kappa shape index (κ3) is 5.45.